The lowest BCUT2D eigenvalue weighted by atomic mass is 9.67. The normalized spacial score (nSPS) is 17.1. The largest absolute Gasteiger partial charge is 0.351 e. The zero-order chi connectivity index (χ0) is 15.7. The first-order chi connectivity index (χ1) is 9.77. The molecule has 1 aromatic rings. The molecular weight excluding hydrogens is 317 g/mol. The number of nitrogens with one attached hydrogen (secondary N) is 1. The molecule has 1 saturated carbocycles. The second-order valence-corrected chi connectivity index (χ2v) is 8.01. The van der Waals surface area contributed by atoms with E-state index in [1.165, 1.54) is 6.07 Å². The molecule has 1 aliphatic rings. The van der Waals surface area contributed by atoms with Gasteiger partial charge in [-0.25, -0.2) is 12.8 Å². The van der Waals surface area contributed by atoms with Crippen LogP contribution in [0.3, 0.4) is 0 Å². The van der Waals surface area contributed by atoms with E-state index in [1.807, 2.05) is 0 Å². The van der Waals surface area contributed by atoms with Crippen LogP contribution in [0.1, 0.15) is 43.0 Å². The van der Waals surface area contributed by atoms with Crippen LogP contribution in [0, 0.1) is 11.2 Å². The summed E-state index contributed by atoms with van der Waals surface area (Å²) in [7, 11) is 0.931. The first-order valence-corrected chi connectivity index (χ1v) is 9.11. The van der Waals surface area contributed by atoms with E-state index in [9.17, 15) is 17.6 Å². The van der Waals surface area contributed by atoms with Crippen molar-refractivity contribution in [1.29, 1.82) is 0 Å². The number of benzene rings is 1. The molecule has 0 heterocycles. The minimum atomic E-state index is -4.21. The molecule has 4 nitrogen and oxygen atoms in total. The molecule has 116 valence electrons. The van der Waals surface area contributed by atoms with Crippen molar-refractivity contribution in [2.45, 2.75) is 37.5 Å². The first kappa shape index (κ1) is 16.2. The minimum absolute atomic E-state index is 0.0844. The molecule has 0 aliphatic heterocycles. The fourth-order valence-corrected chi connectivity index (χ4v) is 3.46. The van der Waals surface area contributed by atoms with Gasteiger partial charge in [-0.1, -0.05) is 13.3 Å². The summed E-state index contributed by atoms with van der Waals surface area (Å²) in [6, 6.07) is 3.14. The van der Waals surface area contributed by atoms with E-state index in [0.29, 0.717) is 6.54 Å². The highest BCUT2D eigenvalue weighted by molar-refractivity contribution is 8.13. The molecule has 21 heavy (non-hydrogen) atoms. The molecule has 0 atom stereocenters. The Morgan fingerprint density at radius 1 is 1.43 bits per heavy atom. The molecule has 1 N–H and O–H groups in total. The Kier molecular flexibility index (Phi) is 4.58. The monoisotopic (exact) mass is 333 g/mol. The Bertz CT molecular complexity index is 651. The predicted octanol–water partition coefficient (Wildman–Crippen LogP) is 3.06. The number of carbonyl (C=O) groups is 1. The second-order valence-electron chi connectivity index (χ2n) is 5.47. The molecule has 0 spiro atoms. The van der Waals surface area contributed by atoms with Crippen molar-refractivity contribution >= 4 is 25.6 Å². The molecular formula is C14H17ClFNO3S. The van der Waals surface area contributed by atoms with Gasteiger partial charge in [0.25, 0.3) is 15.0 Å². The standard InChI is InChI=1S/C14H17ClFNO3S/c1-2-14(6-3-7-14)9-17-13(18)10-4-5-11(16)12(8-10)21(15,19)20/h4-5,8H,2-3,6-7,9H2,1H3,(H,17,18). The molecule has 1 aliphatic carbocycles. The summed E-state index contributed by atoms with van der Waals surface area (Å²) < 4.78 is 35.9. The SMILES string of the molecule is CCC1(CNC(=O)c2ccc(F)c(S(=O)(=O)Cl)c2)CCC1. The van der Waals surface area contributed by atoms with Crippen molar-refractivity contribution in [3.8, 4) is 0 Å². The molecule has 2 rings (SSSR count). The smallest absolute Gasteiger partial charge is 0.264 e. The van der Waals surface area contributed by atoms with Crippen molar-refractivity contribution in [3.05, 3.63) is 29.6 Å². The van der Waals surface area contributed by atoms with Gasteiger partial charge in [-0.15, -0.1) is 0 Å². The van der Waals surface area contributed by atoms with Crippen LogP contribution in [-0.2, 0) is 9.05 Å². The molecule has 0 bridgehead atoms. The Morgan fingerprint density at radius 3 is 2.57 bits per heavy atom. The zero-order valence-electron chi connectivity index (χ0n) is 11.7. The summed E-state index contributed by atoms with van der Waals surface area (Å²) in [5.74, 6) is -1.39. The maximum atomic E-state index is 13.4. The second kappa shape index (κ2) is 5.93. The summed E-state index contributed by atoms with van der Waals surface area (Å²) in [6.45, 7) is 2.63. The fourth-order valence-electron chi connectivity index (χ4n) is 2.53. The van der Waals surface area contributed by atoms with Gasteiger partial charge in [-0.2, -0.15) is 0 Å². The van der Waals surface area contributed by atoms with E-state index in [1.54, 1.807) is 0 Å². The van der Waals surface area contributed by atoms with Gasteiger partial charge in [0.05, 0.1) is 0 Å². The van der Waals surface area contributed by atoms with E-state index < -0.39 is 25.7 Å². The molecule has 7 heteroatoms. The molecule has 0 radical (unpaired) electrons. The van der Waals surface area contributed by atoms with Crippen molar-refractivity contribution in [2.75, 3.05) is 6.54 Å². The maximum absolute atomic E-state index is 13.4. The number of amides is 1. The lowest BCUT2D eigenvalue weighted by molar-refractivity contribution is 0.0850. The quantitative estimate of drug-likeness (QED) is 0.842. The highest BCUT2D eigenvalue weighted by Crippen LogP contribution is 2.43. The van der Waals surface area contributed by atoms with Crippen molar-refractivity contribution in [3.63, 3.8) is 0 Å². The Labute approximate surface area is 128 Å². The lowest BCUT2D eigenvalue weighted by Crippen LogP contribution is -2.41. The van der Waals surface area contributed by atoms with Crippen molar-refractivity contribution < 1.29 is 17.6 Å². The van der Waals surface area contributed by atoms with E-state index in [-0.39, 0.29) is 11.0 Å². The van der Waals surface area contributed by atoms with Crippen molar-refractivity contribution in [1.82, 2.24) is 5.32 Å². The summed E-state index contributed by atoms with van der Waals surface area (Å²) >= 11 is 0. The minimum Gasteiger partial charge on any atom is -0.351 e. The number of hydrogen-bond acceptors (Lipinski definition) is 3. The van der Waals surface area contributed by atoms with Crippen LogP contribution in [0.5, 0.6) is 0 Å². The third-order valence-corrected chi connectivity index (χ3v) is 5.58. The average Bonchev–Trinajstić information content (AvgIpc) is 2.37. The van der Waals surface area contributed by atoms with Gasteiger partial charge in [-0.05, 0) is 42.9 Å². The van der Waals surface area contributed by atoms with E-state index in [4.69, 9.17) is 10.7 Å². The van der Waals surface area contributed by atoms with Gasteiger partial charge in [0.2, 0.25) is 0 Å². The molecule has 0 unspecified atom stereocenters. The summed E-state index contributed by atoms with van der Waals surface area (Å²) in [4.78, 5) is 11.4. The van der Waals surface area contributed by atoms with Gasteiger partial charge < -0.3 is 5.32 Å². The van der Waals surface area contributed by atoms with Gasteiger partial charge in [0, 0.05) is 22.8 Å². The molecule has 1 fully saturated rings. The topological polar surface area (TPSA) is 63.2 Å². The number of rotatable bonds is 5. The van der Waals surface area contributed by atoms with E-state index in [2.05, 4.69) is 12.2 Å². The van der Waals surface area contributed by atoms with Crippen molar-refractivity contribution in [2.24, 2.45) is 5.41 Å². The zero-order valence-corrected chi connectivity index (χ0v) is 13.2. The number of hydrogen-bond donors (Lipinski definition) is 1. The number of halogens is 2. The Morgan fingerprint density at radius 2 is 2.10 bits per heavy atom. The first-order valence-electron chi connectivity index (χ1n) is 6.80. The summed E-state index contributed by atoms with van der Waals surface area (Å²) in [5.41, 5.74) is 0.234. The Balaban J connectivity index is 2.13. The lowest BCUT2D eigenvalue weighted by Gasteiger charge is -2.41. The fraction of sp³-hybridized carbons (Fsp3) is 0.500. The van der Waals surface area contributed by atoms with E-state index in [0.717, 1.165) is 37.8 Å². The molecule has 0 saturated heterocycles. The maximum Gasteiger partial charge on any atom is 0.264 e. The third kappa shape index (κ3) is 3.55. The number of carbonyl (C=O) groups excluding carboxylic acids is 1. The average molecular weight is 334 g/mol. The molecule has 1 aromatic carbocycles. The van der Waals surface area contributed by atoms with E-state index >= 15 is 0 Å². The highest BCUT2D eigenvalue weighted by atomic mass is 35.7. The summed E-state index contributed by atoms with van der Waals surface area (Å²) in [6.07, 6.45) is 4.30. The van der Waals surface area contributed by atoms with Gasteiger partial charge in [0.1, 0.15) is 10.7 Å². The van der Waals surface area contributed by atoms with Gasteiger partial charge >= 0.3 is 0 Å². The van der Waals surface area contributed by atoms with Crippen LogP contribution >= 0.6 is 10.7 Å². The van der Waals surface area contributed by atoms with Crippen LogP contribution in [-0.4, -0.2) is 20.9 Å². The summed E-state index contributed by atoms with van der Waals surface area (Å²) in [5, 5.41) is 2.79. The van der Waals surface area contributed by atoms with Crippen LogP contribution < -0.4 is 5.32 Å². The predicted molar refractivity (Wildman–Crippen MR) is 78.3 cm³/mol. The van der Waals surface area contributed by atoms with Crippen LogP contribution in [0.4, 0.5) is 4.39 Å². The highest BCUT2D eigenvalue weighted by Gasteiger charge is 2.35. The molecule has 1 amide bonds. The van der Waals surface area contributed by atoms with Crippen LogP contribution in [0.15, 0.2) is 23.1 Å². The van der Waals surface area contributed by atoms with Gasteiger partial charge in [-0.3, -0.25) is 4.79 Å². The van der Waals surface area contributed by atoms with Gasteiger partial charge in [0.15, 0.2) is 0 Å². The molecule has 0 aromatic heterocycles. The van der Waals surface area contributed by atoms with Crippen LogP contribution in [0.25, 0.3) is 0 Å². The van der Waals surface area contributed by atoms with Crippen LogP contribution in [0.2, 0.25) is 0 Å². The Hall–Kier alpha value is -1.14. The third-order valence-electron chi connectivity index (χ3n) is 4.24.